The van der Waals surface area contributed by atoms with Crippen molar-refractivity contribution in [1.82, 2.24) is 4.98 Å². The molecular weight excluding hydrogens is 214 g/mol. The third-order valence-corrected chi connectivity index (χ3v) is 2.68. The van der Waals surface area contributed by atoms with Crippen LogP contribution in [0.15, 0.2) is 24.4 Å². The summed E-state index contributed by atoms with van der Waals surface area (Å²) in [6.07, 6.45) is 2.45. The van der Waals surface area contributed by atoms with Gasteiger partial charge in [0.15, 0.2) is 0 Å². The average molecular weight is 231 g/mol. The molecule has 0 saturated heterocycles. The van der Waals surface area contributed by atoms with Crippen molar-refractivity contribution in [2.45, 2.75) is 13.3 Å². The molecule has 1 aromatic carbocycles. The Labute approximate surface area is 100 Å². The van der Waals surface area contributed by atoms with Crippen LogP contribution in [0.5, 0.6) is 0 Å². The van der Waals surface area contributed by atoms with Crippen molar-refractivity contribution in [2.75, 3.05) is 24.2 Å². The highest BCUT2D eigenvalue weighted by Crippen LogP contribution is 2.27. The molecule has 4 nitrogen and oxygen atoms in total. The minimum atomic E-state index is 0.179. The van der Waals surface area contributed by atoms with Crippen molar-refractivity contribution < 1.29 is 5.11 Å². The normalized spacial score (nSPS) is 10.7. The molecule has 0 atom stereocenters. The lowest BCUT2D eigenvalue weighted by Gasteiger charge is -2.10. The Morgan fingerprint density at radius 2 is 2.18 bits per heavy atom. The van der Waals surface area contributed by atoms with Crippen LogP contribution < -0.4 is 11.1 Å². The number of pyridine rings is 1. The summed E-state index contributed by atoms with van der Waals surface area (Å²) >= 11 is 0. The first kappa shape index (κ1) is 11.7. The van der Waals surface area contributed by atoms with Gasteiger partial charge in [0.25, 0.3) is 0 Å². The molecular formula is C13H17N3O. The number of benzene rings is 1. The highest BCUT2D eigenvalue weighted by Gasteiger charge is 2.05. The van der Waals surface area contributed by atoms with E-state index in [-0.39, 0.29) is 6.61 Å². The number of aryl methyl sites for hydroxylation is 1. The summed E-state index contributed by atoms with van der Waals surface area (Å²) in [5.74, 6) is 0.825. The first-order valence-corrected chi connectivity index (χ1v) is 5.72. The molecule has 2 rings (SSSR count). The minimum Gasteiger partial charge on any atom is -0.398 e. The molecule has 0 bridgehead atoms. The van der Waals surface area contributed by atoms with E-state index in [4.69, 9.17) is 10.8 Å². The lowest BCUT2D eigenvalue weighted by atomic mass is 10.1. The van der Waals surface area contributed by atoms with E-state index in [1.54, 1.807) is 6.20 Å². The summed E-state index contributed by atoms with van der Waals surface area (Å²) in [6.45, 7) is 2.90. The summed E-state index contributed by atoms with van der Waals surface area (Å²) in [5, 5.41) is 14.0. The molecule has 0 amide bonds. The van der Waals surface area contributed by atoms with Crippen molar-refractivity contribution >= 4 is 22.3 Å². The van der Waals surface area contributed by atoms with E-state index in [9.17, 15) is 0 Å². The van der Waals surface area contributed by atoms with Gasteiger partial charge in [-0.15, -0.1) is 0 Å². The third-order valence-electron chi connectivity index (χ3n) is 2.68. The van der Waals surface area contributed by atoms with Gasteiger partial charge in [-0.2, -0.15) is 0 Å². The number of nitrogens with two attached hydrogens (primary N) is 1. The summed E-state index contributed by atoms with van der Waals surface area (Å²) in [5.41, 5.74) is 7.87. The van der Waals surface area contributed by atoms with Crippen LogP contribution in [0.1, 0.15) is 12.0 Å². The number of nitrogens with zero attached hydrogens (tertiary/aromatic N) is 1. The van der Waals surface area contributed by atoms with E-state index < -0.39 is 0 Å². The van der Waals surface area contributed by atoms with Crippen molar-refractivity contribution in [3.05, 3.63) is 30.0 Å². The molecule has 0 aliphatic rings. The Bertz CT molecular complexity index is 525. The number of hydrogen-bond acceptors (Lipinski definition) is 4. The number of aliphatic hydroxyl groups is 1. The van der Waals surface area contributed by atoms with Crippen LogP contribution >= 0.6 is 0 Å². The molecule has 0 saturated carbocycles. The fourth-order valence-corrected chi connectivity index (χ4v) is 1.89. The van der Waals surface area contributed by atoms with Gasteiger partial charge in [-0.3, -0.25) is 0 Å². The highest BCUT2D eigenvalue weighted by atomic mass is 16.3. The minimum absolute atomic E-state index is 0.179. The van der Waals surface area contributed by atoms with Gasteiger partial charge in [0.05, 0.1) is 0 Å². The topological polar surface area (TPSA) is 71.2 Å². The van der Waals surface area contributed by atoms with E-state index in [2.05, 4.69) is 16.4 Å². The van der Waals surface area contributed by atoms with Gasteiger partial charge >= 0.3 is 0 Å². The second kappa shape index (κ2) is 5.01. The molecule has 0 fully saturated rings. The number of rotatable bonds is 4. The van der Waals surface area contributed by atoms with Crippen LogP contribution in [0, 0.1) is 6.92 Å². The van der Waals surface area contributed by atoms with Crippen LogP contribution in [0.2, 0.25) is 0 Å². The Morgan fingerprint density at radius 3 is 2.94 bits per heavy atom. The average Bonchev–Trinajstić information content (AvgIpc) is 2.30. The summed E-state index contributed by atoms with van der Waals surface area (Å²) in [7, 11) is 0. The Kier molecular flexibility index (Phi) is 3.44. The number of anilines is 2. The highest BCUT2D eigenvalue weighted by molar-refractivity contribution is 5.99. The fraction of sp³-hybridized carbons (Fsp3) is 0.308. The van der Waals surface area contributed by atoms with Crippen LogP contribution in [0.25, 0.3) is 10.8 Å². The maximum atomic E-state index is 8.77. The predicted octanol–water partition coefficient (Wildman–Crippen LogP) is 1.92. The summed E-state index contributed by atoms with van der Waals surface area (Å²) in [4.78, 5) is 4.31. The largest absolute Gasteiger partial charge is 0.398 e. The molecule has 4 heteroatoms. The SMILES string of the molecule is Cc1cc(N)c2ccnc(NCCCO)c2c1. The quantitative estimate of drug-likeness (QED) is 0.555. The van der Waals surface area contributed by atoms with E-state index in [0.29, 0.717) is 13.0 Å². The third kappa shape index (κ3) is 2.47. The number of aromatic nitrogens is 1. The van der Waals surface area contributed by atoms with E-state index in [1.165, 1.54) is 0 Å². The first-order chi connectivity index (χ1) is 8.22. The van der Waals surface area contributed by atoms with Gasteiger partial charge in [0.1, 0.15) is 5.82 Å². The van der Waals surface area contributed by atoms with Crippen LogP contribution in [0.4, 0.5) is 11.5 Å². The first-order valence-electron chi connectivity index (χ1n) is 5.72. The number of nitrogens with one attached hydrogen (secondary N) is 1. The van der Waals surface area contributed by atoms with Gasteiger partial charge < -0.3 is 16.2 Å². The monoisotopic (exact) mass is 231 g/mol. The van der Waals surface area contributed by atoms with Gasteiger partial charge in [0.2, 0.25) is 0 Å². The molecule has 0 unspecified atom stereocenters. The van der Waals surface area contributed by atoms with E-state index in [1.807, 2.05) is 19.1 Å². The molecule has 90 valence electrons. The number of fused-ring (bicyclic) bond motifs is 1. The molecule has 0 aliphatic carbocycles. The predicted molar refractivity (Wildman–Crippen MR) is 71.1 cm³/mol. The van der Waals surface area contributed by atoms with Gasteiger partial charge in [-0.1, -0.05) is 0 Å². The molecule has 0 aliphatic heterocycles. The van der Waals surface area contributed by atoms with Crippen LogP contribution in [0.3, 0.4) is 0 Å². The number of nitrogen functional groups attached to an aromatic ring is 1. The van der Waals surface area contributed by atoms with Gasteiger partial charge in [-0.05, 0) is 37.1 Å². The Balaban J connectivity index is 2.42. The standard InChI is InChI=1S/C13H17N3O/c1-9-7-11-10(12(14)8-9)3-5-16-13(11)15-4-2-6-17/h3,5,7-8,17H,2,4,6,14H2,1H3,(H,15,16). The second-order valence-electron chi connectivity index (χ2n) is 4.11. The second-order valence-corrected chi connectivity index (χ2v) is 4.11. The molecule has 4 N–H and O–H groups in total. The molecule has 0 radical (unpaired) electrons. The van der Waals surface area contributed by atoms with Crippen LogP contribution in [-0.2, 0) is 0 Å². The summed E-state index contributed by atoms with van der Waals surface area (Å²) in [6, 6.07) is 5.95. The number of hydrogen-bond donors (Lipinski definition) is 3. The Hall–Kier alpha value is -1.81. The van der Waals surface area contributed by atoms with Crippen molar-refractivity contribution in [1.29, 1.82) is 0 Å². The molecule has 0 spiro atoms. The van der Waals surface area contributed by atoms with E-state index >= 15 is 0 Å². The maximum Gasteiger partial charge on any atom is 0.133 e. The van der Waals surface area contributed by atoms with Crippen molar-refractivity contribution in [2.24, 2.45) is 0 Å². The molecule has 17 heavy (non-hydrogen) atoms. The molecule has 1 aromatic heterocycles. The van der Waals surface area contributed by atoms with Crippen molar-refractivity contribution in [3.8, 4) is 0 Å². The van der Waals surface area contributed by atoms with Gasteiger partial charge in [0, 0.05) is 35.8 Å². The van der Waals surface area contributed by atoms with E-state index in [0.717, 1.165) is 27.8 Å². The maximum absolute atomic E-state index is 8.77. The fourth-order valence-electron chi connectivity index (χ4n) is 1.89. The molecule has 2 aromatic rings. The zero-order valence-electron chi connectivity index (χ0n) is 9.90. The summed E-state index contributed by atoms with van der Waals surface area (Å²) < 4.78 is 0. The zero-order chi connectivity index (χ0) is 12.3. The zero-order valence-corrected chi connectivity index (χ0v) is 9.90. The lowest BCUT2D eigenvalue weighted by Crippen LogP contribution is -2.05. The van der Waals surface area contributed by atoms with Gasteiger partial charge in [-0.25, -0.2) is 4.98 Å². The molecule has 1 heterocycles. The van der Waals surface area contributed by atoms with Crippen LogP contribution in [-0.4, -0.2) is 23.2 Å². The lowest BCUT2D eigenvalue weighted by molar-refractivity contribution is 0.292. The smallest absolute Gasteiger partial charge is 0.133 e. The Morgan fingerprint density at radius 1 is 1.35 bits per heavy atom. The van der Waals surface area contributed by atoms with Crippen molar-refractivity contribution in [3.63, 3.8) is 0 Å². The number of aliphatic hydroxyl groups excluding tert-OH is 1.